The van der Waals surface area contributed by atoms with Gasteiger partial charge in [-0.25, -0.2) is 4.39 Å². The number of halogens is 2. The zero-order valence-electron chi connectivity index (χ0n) is 12.8. The highest BCUT2D eigenvalue weighted by Crippen LogP contribution is 2.32. The standard InChI is InChI=1S/C17H15BrFNO4/c1-23-15-7-14(18)12(9-21)6-16(15)24-10-17(22)20-8-11-2-4-13(19)5-3-11/h2-7,9H,8,10H2,1H3,(H,20,22). The summed E-state index contributed by atoms with van der Waals surface area (Å²) in [6, 6.07) is 8.91. The van der Waals surface area contributed by atoms with Crippen LogP contribution in [0.5, 0.6) is 11.5 Å². The van der Waals surface area contributed by atoms with Crippen molar-refractivity contribution in [1.29, 1.82) is 0 Å². The molecule has 0 radical (unpaired) electrons. The Morgan fingerprint density at radius 2 is 1.96 bits per heavy atom. The lowest BCUT2D eigenvalue weighted by molar-refractivity contribution is -0.123. The van der Waals surface area contributed by atoms with Crippen LogP contribution >= 0.6 is 15.9 Å². The van der Waals surface area contributed by atoms with Crippen LogP contribution in [0.1, 0.15) is 15.9 Å². The van der Waals surface area contributed by atoms with Crippen LogP contribution in [0.3, 0.4) is 0 Å². The second kappa shape index (κ2) is 8.44. The summed E-state index contributed by atoms with van der Waals surface area (Å²) in [4.78, 5) is 22.8. The summed E-state index contributed by atoms with van der Waals surface area (Å²) < 4.78 is 24.0. The highest BCUT2D eigenvalue weighted by atomic mass is 79.9. The van der Waals surface area contributed by atoms with E-state index < -0.39 is 0 Å². The van der Waals surface area contributed by atoms with Gasteiger partial charge >= 0.3 is 0 Å². The normalized spacial score (nSPS) is 10.1. The Balaban J connectivity index is 1.93. The van der Waals surface area contributed by atoms with Gasteiger partial charge in [-0.2, -0.15) is 0 Å². The van der Waals surface area contributed by atoms with Gasteiger partial charge in [0, 0.05) is 16.6 Å². The number of benzene rings is 2. The molecule has 1 N–H and O–H groups in total. The average molecular weight is 396 g/mol. The lowest BCUT2D eigenvalue weighted by atomic mass is 10.2. The number of hydrogen-bond donors (Lipinski definition) is 1. The first-order valence-electron chi connectivity index (χ1n) is 7.00. The van der Waals surface area contributed by atoms with Gasteiger partial charge in [-0.1, -0.05) is 12.1 Å². The summed E-state index contributed by atoms with van der Waals surface area (Å²) in [6.07, 6.45) is 0.672. The largest absolute Gasteiger partial charge is 0.493 e. The molecule has 0 spiro atoms. The highest BCUT2D eigenvalue weighted by molar-refractivity contribution is 9.10. The van der Waals surface area contributed by atoms with Crippen LogP contribution in [-0.4, -0.2) is 25.9 Å². The molecule has 0 aromatic heterocycles. The Morgan fingerprint density at radius 1 is 1.25 bits per heavy atom. The molecule has 5 nitrogen and oxygen atoms in total. The molecule has 7 heteroatoms. The fourth-order valence-electron chi connectivity index (χ4n) is 1.91. The monoisotopic (exact) mass is 395 g/mol. The summed E-state index contributed by atoms with van der Waals surface area (Å²) in [5, 5.41) is 2.66. The van der Waals surface area contributed by atoms with Crippen molar-refractivity contribution in [3.8, 4) is 11.5 Å². The van der Waals surface area contributed by atoms with Crippen LogP contribution in [0.25, 0.3) is 0 Å². The van der Waals surface area contributed by atoms with E-state index in [9.17, 15) is 14.0 Å². The lowest BCUT2D eigenvalue weighted by Crippen LogP contribution is -2.28. The zero-order valence-corrected chi connectivity index (χ0v) is 14.4. The zero-order chi connectivity index (χ0) is 17.5. The maximum Gasteiger partial charge on any atom is 0.258 e. The minimum Gasteiger partial charge on any atom is -0.493 e. The van der Waals surface area contributed by atoms with Gasteiger partial charge in [-0.05, 0) is 45.8 Å². The van der Waals surface area contributed by atoms with Crippen LogP contribution in [0, 0.1) is 5.82 Å². The van der Waals surface area contributed by atoms with E-state index in [0.29, 0.717) is 27.8 Å². The third-order valence-electron chi connectivity index (χ3n) is 3.17. The Kier molecular flexibility index (Phi) is 6.31. The van der Waals surface area contributed by atoms with Crippen molar-refractivity contribution in [2.24, 2.45) is 0 Å². The first-order chi connectivity index (χ1) is 11.5. The van der Waals surface area contributed by atoms with Crippen molar-refractivity contribution < 1.29 is 23.5 Å². The molecule has 24 heavy (non-hydrogen) atoms. The predicted octanol–water partition coefficient (Wildman–Crippen LogP) is 3.10. The van der Waals surface area contributed by atoms with E-state index in [2.05, 4.69) is 21.2 Å². The number of rotatable bonds is 7. The third-order valence-corrected chi connectivity index (χ3v) is 3.86. The van der Waals surface area contributed by atoms with Crippen molar-refractivity contribution in [1.82, 2.24) is 5.32 Å². The van der Waals surface area contributed by atoms with Gasteiger partial charge in [-0.15, -0.1) is 0 Å². The van der Waals surface area contributed by atoms with E-state index >= 15 is 0 Å². The van der Waals surface area contributed by atoms with Crippen LogP contribution in [-0.2, 0) is 11.3 Å². The number of nitrogens with one attached hydrogen (secondary N) is 1. The minimum absolute atomic E-state index is 0.239. The van der Waals surface area contributed by atoms with E-state index in [1.54, 1.807) is 18.2 Å². The van der Waals surface area contributed by atoms with Crippen molar-refractivity contribution >= 4 is 28.1 Å². The summed E-state index contributed by atoms with van der Waals surface area (Å²) in [7, 11) is 1.46. The maximum absolute atomic E-state index is 12.8. The Morgan fingerprint density at radius 3 is 2.58 bits per heavy atom. The summed E-state index contributed by atoms with van der Waals surface area (Å²) in [5.41, 5.74) is 1.16. The van der Waals surface area contributed by atoms with E-state index in [1.807, 2.05) is 0 Å². The van der Waals surface area contributed by atoms with Crippen LogP contribution in [0.4, 0.5) is 4.39 Å². The molecule has 0 aliphatic carbocycles. The molecule has 126 valence electrons. The number of carbonyl (C=O) groups excluding carboxylic acids is 2. The Bertz CT molecular complexity index is 734. The number of ether oxygens (including phenoxy) is 2. The number of methoxy groups -OCH3 is 1. The molecule has 0 aliphatic rings. The van der Waals surface area contributed by atoms with Crippen molar-refractivity contribution in [3.63, 3.8) is 0 Å². The molecule has 0 heterocycles. The van der Waals surface area contributed by atoms with Crippen LogP contribution in [0.2, 0.25) is 0 Å². The van der Waals surface area contributed by atoms with Gasteiger partial charge in [0.2, 0.25) is 0 Å². The Labute approximate surface area is 146 Å². The van der Waals surface area contributed by atoms with Crippen LogP contribution < -0.4 is 14.8 Å². The predicted molar refractivity (Wildman–Crippen MR) is 89.8 cm³/mol. The topological polar surface area (TPSA) is 64.6 Å². The molecule has 1 amide bonds. The van der Waals surface area contributed by atoms with Crippen LogP contribution in [0.15, 0.2) is 40.9 Å². The van der Waals surface area contributed by atoms with Crippen molar-refractivity contribution in [3.05, 3.63) is 57.8 Å². The second-order valence-electron chi connectivity index (χ2n) is 4.83. The second-order valence-corrected chi connectivity index (χ2v) is 5.69. The summed E-state index contributed by atoms with van der Waals surface area (Å²) in [5.74, 6) is 0.0113. The van der Waals surface area contributed by atoms with Crippen molar-refractivity contribution in [2.75, 3.05) is 13.7 Å². The molecule has 2 rings (SSSR count). The first-order valence-corrected chi connectivity index (χ1v) is 7.79. The molecule has 2 aromatic carbocycles. The minimum atomic E-state index is -0.350. The molecule has 0 saturated carbocycles. The quantitative estimate of drug-likeness (QED) is 0.731. The molecule has 0 unspecified atom stereocenters. The molecule has 0 saturated heterocycles. The fourth-order valence-corrected chi connectivity index (χ4v) is 2.33. The first kappa shape index (κ1) is 17.9. The van der Waals surface area contributed by atoms with E-state index in [0.717, 1.165) is 5.56 Å². The molecular weight excluding hydrogens is 381 g/mol. The van der Waals surface area contributed by atoms with Gasteiger partial charge in [0.25, 0.3) is 5.91 Å². The van der Waals surface area contributed by atoms with Gasteiger partial charge in [0.15, 0.2) is 24.4 Å². The number of amides is 1. The molecule has 0 aliphatic heterocycles. The van der Waals surface area contributed by atoms with E-state index in [1.165, 1.54) is 25.3 Å². The lowest BCUT2D eigenvalue weighted by Gasteiger charge is -2.12. The van der Waals surface area contributed by atoms with E-state index in [4.69, 9.17) is 9.47 Å². The highest BCUT2D eigenvalue weighted by Gasteiger charge is 2.11. The molecule has 0 fully saturated rings. The van der Waals surface area contributed by atoms with Gasteiger partial charge < -0.3 is 14.8 Å². The molecule has 0 bridgehead atoms. The van der Waals surface area contributed by atoms with E-state index in [-0.39, 0.29) is 24.9 Å². The summed E-state index contributed by atoms with van der Waals surface area (Å²) in [6.45, 7) is 0.0248. The smallest absolute Gasteiger partial charge is 0.258 e. The van der Waals surface area contributed by atoms with Gasteiger partial charge in [-0.3, -0.25) is 9.59 Å². The van der Waals surface area contributed by atoms with Gasteiger partial charge in [0.1, 0.15) is 5.82 Å². The number of aldehydes is 1. The SMILES string of the molecule is COc1cc(Br)c(C=O)cc1OCC(=O)NCc1ccc(F)cc1. The average Bonchev–Trinajstić information content (AvgIpc) is 2.59. The molecular formula is C17H15BrFNO4. The third kappa shape index (κ3) is 4.79. The number of hydrogen-bond acceptors (Lipinski definition) is 4. The fraction of sp³-hybridized carbons (Fsp3) is 0.176. The Hall–Kier alpha value is -2.41. The van der Waals surface area contributed by atoms with Gasteiger partial charge in [0.05, 0.1) is 7.11 Å². The molecule has 2 aromatic rings. The maximum atomic E-state index is 12.8. The molecule has 0 atom stereocenters. The van der Waals surface area contributed by atoms with Crippen molar-refractivity contribution in [2.45, 2.75) is 6.54 Å². The summed E-state index contributed by atoms with van der Waals surface area (Å²) >= 11 is 3.25. The number of carbonyl (C=O) groups is 2.